The number of nitriles is 1. The van der Waals surface area contributed by atoms with Gasteiger partial charge in [0.1, 0.15) is 11.1 Å². The van der Waals surface area contributed by atoms with E-state index in [1.165, 1.54) is 0 Å². The lowest BCUT2D eigenvalue weighted by Gasteiger charge is -2.17. The van der Waals surface area contributed by atoms with Gasteiger partial charge in [-0.25, -0.2) is 0 Å². The molecule has 1 heterocycles. The van der Waals surface area contributed by atoms with Crippen molar-refractivity contribution in [3.05, 3.63) is 16.0 Å². The van der Waals surface area contributed by atoms with Crippen LogP contribution in [0.3, 0.4) is 0 Å². The number of nitrogens with zero attached hydrogens (tertiary/aromatic N) is 2. The van der Waals surface area contributed by atoms with E-state index in [0.717, 1.165) is 11.3 Å². The lowest BCUT2D eigenvalue weighted by Crippen LogP contribution is -2.30. The molecule has 0 saturated carbocycles. The van der Waals surface area contributed by atoms with Crippen molar-refractivity contribution in [1.29, 1.82) is 5.26 Å². The zero-order chi connectivity index (χ0) is 17.1. The fraction of sp³-hybridized carbons (Fsp3) is 0.462. The summed E-state index contributed by atoms with van der Waals surface area (Å²) >= 11 is 17.5. The number of thiophene rings is 1. The molecule has 1 aromatic rings. The minimum absolute atomic E-state index is 0.196. The second-order valence-corrected chi connectivity index (χ2v) is 7.60. The van der Waals surface area contributed by atoms with Crippen molar-refractivity contribution in [2.24, 2.45) is 0 Å². The molecule has 5 nitrogen and oxygen atoms in total. The molecule has 0 radical (unpaired) electrons. The van der Waals surface area contributed by atoms with Crippen LogP contribution in [-0.4, -0.2) is 33.6 Å². The van der Waals surface area contributed by atoms with Gasteiger partial charge in [0.15, 0.2) is 0 Å². The van der Waals surface area contributed by atoms with E-state index in [-0.39, 0.29) is 16.5 Å². The fourth-order valence-corrected chi connectivity index (χ4v) is 3.03. The van der Waals surface area contributed by atoms with Crippen LogP contribution < -0.4 is 5.32 Å². The van der Waals surface area contributed by atoms with Crippen LogP contribution in [0.15, 0.2) is 0 Å². The van der Waals surface area contributed by atoms with Crippen molar-refractivity contribution in [3.63, 3.8) is 0 Å². The summed E-state index contributed by atoms with van der Waals surface area (Å²) in [4.78, 5) is 26.2. The Labute approximate surface area is 147 Å². The zero-order valence-electron chi connectivity index (χ0n) is 12.2. The van der Waals surface area contributed by atoms with Crippen LogP contribution in [-0.2, 0) is 4.79 Å². The summed E-state index contributed by atoms with van der Waals surface area (Å²) in [5, 5.41) is 11.8. The average Bonchev–Trinajstić information content (AvgIpc) is 2.75. The molecule has 1 aromatic heterocycles. The van der Waals surface area contributed by atoms with Gasteiger partial charge in [0.25, 0.3) is 15.6 Å². The Hall–Kier alpha value is -1.00. The van der Waals surface area contributed by atoms with E-state index >= 15 is 0 Å². The summed E-state index contributed by atoms with van der Waals surface area (Å²) < 4.78 is -2.15. The average molecular weight is 383 g/mol. The summed E-state index contributed by atoms with van der Waals surface area (Å²) in [6.07, 6.45) is 0. The SMILES string of the molecule is CCN(CC)C(=O)c1sc(NC(=O)C(Cl)(Cl)Cl)c(C#N)c1C. The Bertz CT molecular complexity index is 628. The van der Waals surface area contributed by atoms with E-state index in [4.69, 9.17) is 34.8 Å². The van der Waals surface area contributed by atoms with Gasteiger partial charge in [-0.15, -0.1) is 11.3 Å². The largest absolute Gasteiger partial charge is 0.338 e. The van der Waals surface area contributed by atoms with Gasteiger partial charge in [0.05, 0.1) is 10.4 Å². The Morgan fingerprint density at radius 3 is 2.27 bits per heavy atom. The number of hydrogen-bond acceptors (Lipinski definition) is 4. The van der Waals surface area contributed by atoms with Crippen molar-refractivity contribution < 1.29 is 9.59 Å². The standard InChI is InChI=1S/C13H14Cl3N3O2S/c1-4-19(5-2)11(20)9-7(3)8(6-17)10(22-9)18-12(21)13(14,15)16/h4-5H2,1-3H3,(H,18,21). The normalized spacial score (nSPS) is 11.0. The van der Waals surface area contributed by atoms with Gasteiger partial charge in [-0.2, -0.15) is 5.26 Å². The number of amides is 2. The molecule has 0 saturated heterocycles. The van der Waals surface area contributed by atoms with E-state index in [0.29, 0.717) is 23.5 Å². The van der Waals surface area contributed by atoms with E-state index < -0.39 is 9.70 Å². The number of nitrogens with one attached hydrogen (secondary N) is 1. The fourth-order valence-electron chi connectivity index (χ4n) is 1.77. The summed E-state index contributed by atoms with van der Waals surface area (Å²) in [7, 11) is 0. The predicted molar refractivity (Wildman–Crippen MR) is 89.9 cm³/mol. The highest BCUT2D eigenvalue weighted by atomic mass is 35.6. The molecule has 1 N–H and O–H groups in total. The molecule has 22 heavy (non-hydrogen) atoms. The summed E-state index contributed by atoms with van der Waals surface area (Å²) in [5.74, 6) is -1.07. The molecule has 0 aliphatic heterocycles. The quantitative estimate of drug-likeness (QED) is 0.807. The van der Waals surface area contributed by atoms with Gasteiger partial charge in [0.2, 0.25) is 0 Å². The minimum atomic E-state index is -2.15. The van der Waals surface area contributed by atoms with Crippen LogP contribution in [0.1, 0.15) is 34.6 Å². The smallest absolute Gasteiger partial charge is 0.277 e. The van der Waals surface area contributed by atoms with E-state index in [1.54, 1.807) is 11.8 Å². The van der Waals surface area contributed by atoms with Crippen LogP contribution in [0, 0.1) is 18.3 Å². The van der Waals surface area contributed by atoms with Crippen molar-refractivity contribution in [2.45, 2.75) is 24.6 Å². The number of alkyl halides is 3. The lowest BCUT2D eigenvalue weighted by atomic mass is 10.1. The maximum absolute atomic E-state index is 12.4. The van der Waals surface area contributed by atoms with Gasteiger partial charge in [-0.3, -0.25) is 9.59 Å². The number of carbonyl (C=O) groups excluding carboxylic acids is 2. The Morgan fingerprint density at radius 1 is 1.32 bits per heavy atom. The van der Waals surface area contributed by atoms with Gasteiger partial charge < -0.3 is 10.2 Å². The van der Waals surface area contributed by atoms with Crippen LogP contribution >= 0.6 is 46.1 Å². The van der Waals surface area contributed by atoms with Crippen molar-refractivity contribution in [3.8, 4) is 6.07 Å². The minimum Gasteiger partial charge on any atom is -0.338 e. The van der Waals surface area contributed by atoms with Crippen LogP contribution in [0.5, 0.6) is 0 Å². The summed E-state index contributed by atoms with van der Waals surface area (Å²) in [6.45, 7) is 6.47. The number of carbonyl (C=O) groups is 2. The predicted octanol–water partition coefficient (Wildman–Crippen LogP) is 3.72. The number of anilines is 1. The van der Waals surface area contributed by atoms with Gasteiger partial charge in [-0.05, 0) is 26.3 Å². The van der Waals surface area contributed by atoms with Crippen molar-refractivity contribution in [2.75, 3.05) is 18.4 Å². The first-order valence-electron chi connectivity index (χ1n) is 6.38. The van der Waals surface area contributed by atoms with Crippen LogP contribution in [0.4, 0.5) is 5.00 Å². The topological polar surface area (TPSA) is 73.2 Å². The van der Waals surface area contributed by atoms with Crippen LogP contribution in [0.25, 0.3) is 0 Å². The third-order valence-electron chi connectivity index (χ3n) is 2.99. The first kappa shape index (κ1) is 19.0. The molecule has 120 valence electrons. The van der Waals surface area contributed by atoms with E-state index in [9.17, 15) is 14.9 Å². The van der Waals surface area contributed by atoms with E-state index in [2.05, 4.69) is 5.32 Å². The molecule has 0 aliphatic carbocycles. The van der Waals surface area contributed by atoms with Crippen molar-refractivity contribution in [1.82, 2.24) is 4.90 Å². The highest BCUT2D eigenvalue weighted by Crippen LogP contribution is 2.35. The zero-order valence-corrected chi connectivity index (χ0v) is 15.3. The van der Waals surface area contributed by atoms with Gasteiger partial charge in [-0.1, -0.05) is 34.8 Å². The Kier molecular flexibility index (Phi) is 6.50. The van der Waals surface area contributed by atoms with E-state index in [1.807, 2.05) is 19.9 Å². The van der Waals surface area contributed by atoms with Gasteiger partial charge in [0, 0.05) is 13.1 Å². The molecule has 0 aromatic carbocycles. The molecule has 0 unspecified atom stereocenters. The second-order valence-electron chi connectivity index (χ2n) is 4.30. The molecule has 2 amide bonds. The first-order chi connectivity index (χ1) is 10.2. The highest BCUT2D eigenvalue weighted by molar-refractivity contribution is 7.18. The number of rotatable bonds is 4. The second kappa shape index (κ2) is 7.51. The molecule has 9 heteroatoms. The molecule has 0 aliphatic rings. The summed E-state index contributed by atoms with van der Waals surface area (Å²) in [5.41, 5.74) is 0.701. The molecule has 0 spiro atoms. The van der Waals surface area contributed by atoms with Crippen molar-refractivity contribution >= 4 is 63.0 Å². The molecule has 0 atom stereocenters. The highest BCUT2D eigenvalue weighted by Gasteiger charge is 2.32. The lowest BCUT2D eigenvalue weighted by molar-refractivity contribution is -0.115. The Morgan fingerprint density at radius 2 is 1.86 bits per heavy atom. The molecule has 0 bridgehead atoms. The maximum Gasteiger partial charge on any atom is 0.277 e. The number of halogens is 3. The number of hydrogen-bond donors (Lipinski definition) is 1. The van der Waals surface area contributed by atoms with Gasteiger partial charge >= 0.3 is 0 Å². The first-order valence-corrected chi connectivity index (χ1v) is 8.33. The van der Waals surface area contributed by atoms with Crippen LogP contribution in [0.2, 0.25) is 0 Å². The molecule has 0 fully saturated rings. The Balaban J connectivity index is 3.23. The summed E-state index contributed by atoms with van der Waals surface area (Å²) in [6, 6.07) is 1.97. The molecular weight excluding hydrogens is 369 g/mol. The third kappa shape index (κ3) is 4.05. The third-order valence-corrected chi connectivity index (χ3v) is 4.70. The monoisotopic (exact) mass is 381 g/mol. The maximum atomic E-state index is 12.4. The molecular formula is C13H14Cl3N3O2S. The molecule has 1 rings (SSSR count).